The van der Waals surface area contributed by atoms with Gasteiger partial charge in [0.15, 0.2) is 0 Å². The zero-order valence-corrected chi connectivity index (χ0v) is 16.2. The molecule has 2 aromatic carbocycles. The van der Waals surface area contributed by atoms with Gasteiger partial charge in [-0.1, -0.05) is 62.1 Å². The van der Waals surface area contributed by atoms with Gasteiger partial charge in [0.25, 0.3) is 0 Å². The zero-order valence-electron chi connectivity index (χ0n) is 16.2. The van der Waals surface area contributed by atoms with E-state index >= 15 is 0 Å². The number of hydrogen-bond donors (Lipinski definition) is 1. The summed E-state index contributed by atoms with van der Waals surface area (Å²) >= 11 is 0. The minimum absolute atomic E-state index is 0.603. The van der Waals surface area contributed by atoms with Gasteiger partial charge in [0.1, 0.15) is 0 Å². The second-order valence-electron chi connectivity index (χ2n) is 7.92. The molecule has 2 heteroatoms. The standard InChI is InChI=1S/C26H26N2/c1-3-22-18(2)23-14-8-11-20-15-16-28(26(20)23)25(22)17-24(19-9-7-10-19)27-21-12-5-4-6-13-21/h3-6,8,11-14,17,19,27H,1-2,7,9-10,15-16H2/b24-17-. The fraction of sp³-hybridized carbons (Fsp3) is 0.231. The van der Waals surface area contributed by atoms with Crippen LogP contribution in [-0.4, -0.2) is 6.54 Å². The summed E-state index contributed by atoms with van der Waals surface area (Å²) in [6.07, 6.45) is 9.25. The van der Waals surface area contributed by atoms with Crippen LogP contribution in [-0.2, 0) is 6.42 Å². The van der Waals surface area contributed by atoms with E-state index < -0.39 is 0 Å². The van der Waals surface area contributed by atoms with E-state index in [1.807, 2.05) is 6.08 Å². The predicted octanol–water partition coefficient (Wildman–Crippen LogP) is 6.31. The van der Waals surface area contributed by atoms with Crippen molar-refractivity contribution in [3.05, 3.63) is 102 Å². The molecule has 0 spiro atoms. The van der Waals surface area contributed by atoms with Crippen LogP contribution in [0.4, 0.5) is 11.4 Å². The fourth-order valence-electron chi connectivity index (χ4n) is 4.58. The number of rotatable bonds is 5. The second-order valence-corrected chi connectivity index (χ2v) is 7.92. The lowest BCUT2D eigenvalue weighted by Gasteiger charge is -2.34. The van der Waals surface area contributed by atoms with Crippen LogP contribution in [0.1, 0.15) is 30.4 Å². The number of nitrogens with zero attached hydrogens (tertiary/aromatic N) is 1. The number of anilines is 2. The number of nitrogens with one attached hydrogen (secondary N) is 1. The van der Waals surface area contributed by atoms with Crippen molar-refractivity contribution in [2.75, 3.05) is 16.8 Å². The smallest absolute Gasteiger partial charge is 0.0523 e. The number of allylic oxidation sites excluding steroid dienone is 5. The molecular formula is C26H26N2. The molecule has 28 heavy (non-hydrogen) atoms. The molecule has 2 aliphatic heterocycles. The molecule has 140 valence electrons. The van der Waals surface area contributed by atoms with Gasteiger partial charge in [-0.2, -0.15) is 0 Å². The highest BCUT2D eigenvalue weighted by atomic mass is 15.2. The van der Waals surface area contributed by atoms with Gasteiger partial charge in [-0.3, -0.25) is 0 Å². The SMILES string of the molecule is C=CC1=C(/C=C(\Nc2ccccc2)C2CCC2)N2CCc3cccc(c32)C1=C. The molecule has 1 saturated carbocycles. The molecule has 0 amide bonds. The molecule has 3 aliphatic rings. The Morgan fingerprint density at radius 2 is 1.89 bits per heavy atom. The lowest BCUT2D eigenvalue weighted by atomic mass is 9.81. The van der Waals surface area contributed by atoms with Gasteiger partial charge in [0.05, 0.1) is 11.4 Å². The van der Waals surface area contributed by atoms with E-state index in [1.54, 1.807) is 0 Å². The van der Waals surface area contributed by atoms with Crippen LogP contribution in [0.5, 0.6) is 0 Å². The van der Waals surface area contributed by atoms with E-state index in [-0.39, 0.29) is 0 Å². The molecule has 2 nitrogen and oxygen atoms in total. The summed E-state index contributed by atoms with van der Waals surface area (Å²) in [4.78, 5) is 2.47. The highest BCUT2D eigenvalue weighted by molar-refractivity contribution is 5.95. The molecule has 2 aromatic rings. The van der Waals surface area contributed by atoms with Gasteiger partial charge in [0.2, 0.25) is 0 Å². The minimum atomic E-state index is 0.603. The van der Waals surface area contributed by atoms with E-state index in [2.05, 4.69) is 78.0 Å². The Bertz CT molecular complexity index is 1010. The van der Waals surface area contributed by atoms with E-state index in [0.717, 1.165) is 29.8 Å². The Labute approximate surface area is 167 Å². The van der Waals surface area contributed by atoms with Crippen molar-refractivity contribution in [2.24, 2.45) is 5.92 Å². The quantitative estimate of drug-likeness (QED) is 0.667. The van der Waals surface area contributed by atoms with Crippen LogP contribution >= 0.6 is 0 Å². The average Bonchev–Trinajstić information content (AvgIpc) is 3.10. The third-order valence-corrected chi connectivity index (χ3v) is 6.32. The Morgan fingerprint density at radius 1 is 1.07 bits per heavy atom. The van der Waals surface area contributed by atoms with Gasteiger partial charge >= 0.3 is 0 Å². The summed E-state index contributed by atoms with van der Waals surface area (Å²) in [5, 5.41) is 3.71. The van der Waals surface area contributed by atoms with E-state index in [1.165, 1.54) is 47.5 Å². The van der Waals surface area contributed by atoms with Crippen LogP contribution in [0.2, 0.25) is 0 Å². The van der Waals surface area contributed by atoms with Crippen molar-refractivity contribution in [1.82, 2.24) is 0 Å². The molecule has 0 unspecified atom stereocenters. The third-order valence-electron chi connectivity index (χ3n) is 6.32. The average molecular weight is 367 g/mol. The monoisotopic (exact) mass is 366 g/mol. The summed E-state index contributed by atoms with van der Waals surface area (Å²) in [5.74, 6) is 0.603. The third kappa shape index (κ3) is 2.72. The van der Waals surface area contributed by atoms with Gasteiger partial charge < -0.3 is 10.2 Å². The summed E-state index contributed by atoms with van der Waals surface area (Å²) in [7, 11) is 0. The fourth-order valence-corrected chi connectivity index (χ4v) is 4.58. The predicted molar refractivity (Wildman–Crippen MR) is 119 cm³/mol. The Kier molecular flexibility index (Phi) is 4.20. The van der Waals surface area contributed by atoms with Gasteiger partial charge in [-0.25, -0.2) is 0 Å². The van der Waals surface area contributed by atoms with Gasteiger partial charge in [-0.05, 0) is 54.5 Å². The maximum absolute atomic E-state index is 4.43. The Morgan fingerprint density at radius 3 is 2.61 bits per heavy atom. The van der Waals surface area contributed by atoms with Gasteiger partial charge in [-0.15, -0.1) is 0 Å². The molecule has 0 radical (unpaired) electrons. The van der Waals surface area contributed by atoms with E-state index in [9.17, 15) is 0 Å². The number of hydrogen-bond acceptors (Lipinski definition) is 2. The van der Waals surface area contributed by atoms with E-state index in [4.69, 9.17) is 0 Å². The summed E-state index contributed by atoms with van der Waals surface area (Å²) in [6, 6.07) is 17.1. The first-order valence-corrected chi connectivity index (χ1v) is 10.3. The first-order chi connectivity index (χ1) is 13.8. The molecule has 5 rings (SSSR count). The first-order valence-electron chi connectivity index (χ1n) is 10.3. The van der Waals surface area contributed by atoms with Gasteiger partial charge in [0, 0.05) is 29.1 Å². The molecule has 1 N–H and O–H groups in total. The Hall–Kier alpha value is -3.00. The first kappa shape index (κ1) is 17.1. The minimum Gasteiger partial charge on any atom is -0.359 e. The lowest BCUT2D eigenvalue weighted by molar-refractivity contribution is 0.369. The van der Waals surface area contributed by atoms with Crippen LogP contribution in [0.3, 0.4) is 0 Å². The maximum atomic E-state index is 4.43. The maximum Gasteiger partial charge on any atom is 0.0523 e. The number of para-hydroxylation sites is 2. The summed E-state index contributed by atoms with van der Waals surface area (Å²) in [5.41, 5.74) is 9.96. The van der Waals surface area contributed by atoms with Crippen LogP contribution in [0.25, 0.3) is 5.57 Å². The molecule has 0 atom stereocenters. The van der Waals surface area contributed by atoms with Crippen molar-refractivity contribution in [3.8, 4) is 0 Å². The Balaban J connectivity index is 1.61. The molecule has 0 aromatic heterocycles. The van der Waals surface area contributed by atoms with Crippen LogP contribution in [0.15, 0.2) is 90.8 Å². The summed E-state index contributed by atoms with van der Waals surface area (Å²) in [6.45, 7) is 9.57. The van der Waals surface area contributed by atoms with Crippen molar-refractivity contribution < 1.29 is 0 Å². The second kappa shape index (κ2) is 6.87. The van der Waals surface area contributed by atoms with E-state index in [0.29, 0.717) is 5.92 Å². The summed E-state index contributed by atoms with van der Waals surface area (Å²) < 4.78 is 0. The molecular weight excluding hydrogens is 340 g/mol. The van der Waals surface area contributed by atoms with Crippen LogP contribution < -0.4 is 10.2 Å². The molecule has 2 heterocycles. The molecule has 1 fully saturated rings. The van der Waals surface area contributed by atoms with Crippen molar-refractivity contribution in [2.45, 2.75) is 25.7 Å². The van der Waals surface area contributed by atoms with Crippen molar-refractivity contribution in [1.29, 1.82) is 0 Å². The topological polar surface area (TPSA) is 15.3 Å². The molecule has 0 saturated heterocycles. The lowest BCUT2D eigenvalue weighted by Crippen LogP contribution is -2.26. The highest BCUT2D eigenvalue weighted by Crippen LogP contribution is 2.46. The largest absolute Gasteiger partial charge is 0.359 e. The van der Waals surface area contributed by atoms with Crippen molar-refractivity contribution >= 4 is 16.9 Å². The zero-order chi connectivity index (χ0) is 19.1. The molecule has 0 bridgehead atoms. The molecule has 1 aliphatic carbocycles. The highest BCUT2D eigenvalue weighted by Gasteiger charge is 2.32. The van der Waals surface area contributed by atoms with Crippen LogP contribution in [0, 0.1) is 5.92 Å². The van der Waals surface area contributed by atoms with Crippen molar-refractivity contribution in [3.63, 3.8) is 0 Å². The normalized spacial score (nSPS) is 18.8. The number of benzene rings is 2.